The first-order chi connectivity index (χ1) is 9.53. The number of hydrazone groups is 1. The minimum atomic E-state index is -1.46. The largest absolute Gasteiger partial charge is 0.383 e. The fourth-order valence-corrected chi connectivity index (χ4v) is 1.54. The summed E-state index contributed by atoms with van der Waals surface area (Å²) < 4.78 is 26.4. The molecule has 112 valence electrons. The molecular weight excluding hydrogens is 264 g/mol. The molecule has 0 spiro atoms. The Bertz CT molecular complexity index is 452. The quantitative estimate of drug-likeness (QED) is 0.480. The van der Waals surface area contributed by atoms with E-state index in [-0.39, 0.29) is 18.5 Å². The summed E-state index contributed by atoms with van der Waals surface area (Å²) >= 11 is 0. The number of rotatable bonds is 6. The number of hydrogen-bond acceptors (Lipinski definition) is 3. The molecule has 0 aliphatic carbocycles. The third-order valence-electron chi connectivity index (χ3n) is 2.62. The number of aliphatic hydroxyl groups is 1. The topological polar surface area (TPSA) is 57.0 Å². The number of nitrogens with zero attached hydrogens (tertiary/aromatic N) is 2. The Morgan fingerprint density at radius 1 is 1.40 bits per heavy atom. The minimum Gasteiger partial charge on any atom is -0.383 e. The molecule has 1 atom stereocenters. The predicted octanol–water partition coefficient (Wildman–Crippen LogP) is 2.82. The zero-order valence-corrected chi connectivity index (χ0v) is 12.0. The normalized spacial score (nSPS) is 13.3. The summed E-state index contributed by atoms with van der Waals surface area (Å²) in [6.45, 7) is 8.87. The Morgan fingerprint density at radius 3 is 2.55 bits per heavy atom. The van der Waals surface area contributed by atoms with Crippen LogP contribution in [-0.4, -0.2) is 24.7 Å². The summed E-state index contributed by atoms with van der Waals surface area (Å²) in [6.07, 6.45) is 1.41. The van der Waals surface area contributed by atoms with Crippen molar-refractivity contribution >= 4 is 13.1 Å². The number of hydrogen-bond donors (Lipinski definition) is 2. The lowest BCUT2D eigenvalue weighted by Crippen LogP contribution is -2.36. The summed E-state index contributed by atoms with van der Waals surface area (Å²) in [5.41, 5.74) is 1.11. The first-order valence-corrected chi connectivity index (χ1v) is 6.41. The summed E-state index contributed by atoms with van der Waals surface area (Å²) in [4.78, 5) is 3.37. The monoisotopic (exact) mass is 285 g/mol. The minimum absolute atomic E-state index is 0.0158. The van der Waals surface area contributed by atoms with Gasteiger partial charge in [-0.1, -0.05) is 26.8 Å². The molecule has 1 rings (SSSR count). The second-order valence-corrected chi connectivity index (χ2v) is 3.77. The fourth-order valence-electron chi connectivity index (χ4n) is 1.54. The molecule has 1 aromatic rings. The average Bonchev–Trinajstić information content (AvgIpc) is 2.45. The summed E-state index contributed by atoms with van der Waals surface area (Å²) in [6, 6.07) is 3.07. The van der Waals surface area contributed by atoms with Gasteiger partial charge in [-0.2, -0.15) is 5.10 Å². The van der Waals surface area contributed by atoms with Crippen LogP contribution >= 0.6 is 0 Å². The molecule has 0 aliphatic rings. The Morgan fingerprint density at radius 2 is 2.05 bits per heavy atom. The van der Waals surface area contributed by atoms with Crippen LogP contribution in [0, 0.1) is 11.6 Å². The molecule has 0 radical (unpaired) electrons. The predicted molar refractivity (Wildman–Crippen MR) is 77.9 cm³/mol. The van der Waals surface area contributed by atoms with E-state index in [9.17, 15) is 13.9 Å². The molecule has 0 aromatic heterocycles. The highest BCUT2D eigenvalue weighted by molar-refractivity contribution is 5.61. The van der Waals surface area contributed by atoms with Gasteiger partial charge in [0.05, 0.1) is 6.54 Å². The lowest BCUT2D eigenvalue weighted by Gasteiger charge is -2.27. The van der Waals surface area contributed by atoms with E-state index in [0.717, 1.165) is 18.5 Å². The van der Waals surface area contributed by atoms with E-state index in [4.69, 9.17) is 0 Å². The van der Waals surface area contributed by atoms with Crippen molar-refractivity contribution in [2.75, 3.05) is 6.54 Å². The molecule has 0 bridgehead atoms. The van der Waals surface area contributed by atoms with Crippen molar-refractivity contribution in [3.05, 3.63) is 35.4 Å². The van der Waals surface area contributed by atoms with Gasteiger partial charge >= 0.3 is 0 Å². The van der Waals surface area contributed by atoms with Gasteiger partial charge in [0, 0.05) is 11.6 Å². The second-order valence-electron chi connectivity index (χ2n) is 3.77. The molecule has 4 nitrogen and oxygen atoms in total. The van der Waals surface area contributed by atoms with Crippen molar-refractivity contribution in [1.82, 2.24) is 5.43 Å². The van der Waals surface area contributed by atoms with Crippen LogP contribution in [0.15, 0.2) is 28.3 Å². The molecule has 1 aromatic carbocycles. The molecule has 0 aliphatic heterocycles. The standard InChI is InChI=1S/C12H15F2N3O.C2H6/c1-3-12(18,7-16-17-8-15-2)10-5-4-9(13)6-11(10)14;1-2/h4-6,8,16,18H,2-3,7H2,1H3;1-2H3/b17-8-;. The second kappa shape index (κ2) is 9.14. The van der Waals surface area contributed by atoms with Crippen LogP contribution in [0.5, 0.6) is 0 Å². The highest BCUT2D eigenvalue weighted by Gasteiger charge is 2.30. The Hall–Kier alpha value is -1.82. The highest BCUT2D eigenvalue weighted by Crippen LogP contribution is 2.27. The maximum absolute atomic E-state index is 13.6. The van der Waals surface area contributed by atoms with E-state index < -0.39 is 17.2 Å². The van der Waals surface area contributed by atoms with Gasteiger partial charge in [-0.05, 0) is 19.2 Å². The zero-order valence-electron chi connectivity index (χ0n) is 12.0. The summed E-state index contributed by atoms with van der Waals surface area (Å²) in [5.74, 6) is -1.47. The van der Waals surface area contributed by atoms with Gasteiger partial charge in [0.2, 0.25) is 0 Å². The zero-order chi connectivity index (χ0) is 15.6. The van der Waals surface area contributed by atoms with Gasteiger partial charge in [0.15, 0.2) is 0 Å². The molecule has 6 heteroatoms. The molecule has 2 N–H and O–H groups in total. The smallest absolute Gasteiger partial charge is 0.134 e. The van der Waals surface area contributed by atoms with Crippen LogP contribution < -0.4 is 5.43 Å². The van der Waals surface area contributed by atoms with Crippen LogP contribution in [0.25, 0.3) is 0 Å². The van der Waals surface area contributed by atoms with Gasteiger partial charge in [-0.15, -0.1) is 0 Å². The van der Waals surface area contributed by atoms with E-state index in [1.165, 1.54) is 6.07 Å². The van der Waals surface area contributed by atoms with Crippen molar-refractivity contribution in [3.8, 4) is 0 Å². The lowest BCUT2D eigenvalue weighted by molar-refractivity contribution is 0.0295. The van der Waals surface area contributed by atoms with E-state index in [0.29, 0.717) is 0 Å². The van der Waals surface area contributed by atoms with Crippen molar-refractivity contribution in [3.63, 3.8) is 0 Å². The van der Waals surface area contributed by atoms with Gasteiger partial charge in [-0.3, -0.25) is 4.99 Å². The maximum Gasteiger partial charge on any atom is 0.134 e. The number of halogens is 2. The maximum atomic E-state index is 13.6. The molecular formula is C14H21F2N3O. The third kappa shape index (κ3) is 5.05. The molecule has 0 saturated heterocycles. The van der Waals surface area contributed by atoms with Crippen molar-refractivity contribution in [2.45, 2.75) is 32.8 Å². The Balaban J connectivity index is 0.00000172. The van der Waals surface area contributed by atoms with E-state index in [1.807, 2.05) is 13.8 Å². The molecule has 0 heterocycles. The average molecular weight is 285 g/mol. The van der Waals surface area contributed by atoms with Crippen LogP contribution in [0.1, 0.15) is 32.8 Å². The summed E-state index contributed by atoms with van der Waals surface area (Å²) in [7, 11) is 0. The number of aliphatic imine (C=N–C) groups is 1. The first kappa shape index (κ1) is 18.2. The Labute approximate surface area is 118 Å². The highest BCUT2D eigenvalue weighted by atomic mass is 19.1. The van der Waals surface area contributed by atoms with Crippen LogP contribution in [-0.2, 0) is 5.60 Å². The lowest BCUT2D eigenvalue weighted by atomic mass is 9.91. The van der Waals surface area contributed by atoms with Crippen LogP contribution in [0.2, 0.25) is 0 Å². The van der Waals surface area contributed by atoms with Gasteiger partial charge < -0.3 is 10.5 Å². The van der Waals surface area contributed by atoms with Crippen molar-refractivity contribution in [2.24, 2.45) is 10.1 Å². The number of nitrogens with one attached hydrogen (secondary N) is 1. The number of benzene rings is 1. The fraction of sp³-hybridized carbons (Fsp3) is 0.429. The Kier molecular flexibility index (Phi) is 8.31. The van der Waals surface area contributed by atoms with Crippen molar-refractivity contribution in [1.29, 1.82) is 0 Å². The van der Waals surface area contributed by atoms with Gasteiger partial charge in [0.25, 0.3) is 0 Å². The molecule has 0 saturated carbocycles. The molecule has 1 unspecified atom stereocenters. The molecule has 20 heavy (non-hydrogen) atoms. The van der Waals surface area contributed by atoms with E-state index in [2.05, 4.69) is 22.2 Å². The molecule has 0 fully saturated rings. The van der Waals surface area contributed by atoms with Gasteiger partial charge in [0.1, 0.15) is 23.6 Å². The van der Waals surface area contributed by atoms with Crippen LogP contribution in [0.4, 0.5) is 8.78 Å². The summed E-state index contributed by atoms with van der Waals surface area (Å²) in [5, 5.41) is 14.0. The molecule has 0 amide bonds. The van der Waals surface area contributed by atoms with E-state index in [1.54, 1.807) is 6.92 Å². The third-order valence-corrected chi connectivity index (χ3v) is 2.62. The SMILES string of the molecule is C=N/C=N\NCC(O)(CC)c1ccc(F)cc1F.CC. The van der Waals surface area contributed by atoms with Crippen LogP contribution in [0.3, 0.4) is 0 Å². The van der Waals surface area contributed by atoms with Gasteiger partial charge in [-0.25, -0.2) is 8.78 Å². The first-order valence-electron chi connectivity index (χ1n) is 6.41. The van der Waals surface area contributed by atoms with E-state index >= 15 is 0 Å². The van der Waals surface area contributed by atoms with Crippen molar-refractivity contribution < 1.29 is 13.9 Å².